The second-order valence-electron chi connectivity index (χ2n) is 6.76. The van der Waals surface area contributed by atoms with E-state index in [4.69, 9.17) is 11.6 Å². The number of likely N-dealkylation sites (tertiary alicyclic amines) is 1. The maximum Gasteiger partial charge on any atom is 0.270 e. The first kappa shape index (κ1) is 19.3. The normalized spacial score (nSPS) is 14.7. The Bertz CT molecular complexity index is 835. The number of piperidine rings is 1. The summed E-state index contributed by atoms with van der Waals surface area (Å²) >= 11 is 6.02. The third-order valence-electron chi connectivity index (χ3n) is 4.70. The van der Waals surface area contributed by atoms with Crippen molar-refractivity contribution in [3.05, 3.63) is 74.3 Å². The third-order valence-corrected chi connectivity index (χ3v) is 5.03. The van der Waals surface area contributed by atoms with Gasteiger partial charge in [-0.2, -0.15) is 0 Å². The number of carbonyl (C=O) groups excluding carboxylic acids is 1. The molecule has 0 spiro atoms. The fraction of sp³-hybridized carbons (Fsp3) is 0.350. The molecule has 1 aliphatic heterocycles. The van der Waals surface area contributed by atoms with Crippen molar-refractivity contribution < 1.29 is 9.72 Å². The maximum absolute atomic E-state index is 12.4. The van der Waals surface area contributed by atoms with Crippen molar-refractivity contribution in [2.75, 3.05) is 13.1 Å². The van der Waals surface area contributed by atoms with Gasteiger partial charge >= 0.3 is 0 Å². The number of carbonyl (C=O) groups is 1. The highest BCUT2D eigenvalue weighted by atomic mass is 35.5. The second kappa shape index (κ2) is 8.97. The van der Waals surface area contributed by atoms with Crippen LogP contribution in [0.5, 0.6) is 0 Å². The lowest BCUT2D eigenvalue weighted by molar-refractivity contribution is -0.384. The van der Waals surface area contributed by atoms with Crippen LogP contribution in [0.2, 0.25) is 5.02 Å². The molecule has 7 heteroatoms. The summed E-state index contributed by atoms with van der Waals surface area (Å²) in [5, 5.41) is 13.9. The number of nitrogens with one attached hydrogen (secondary N) is 1. The standard InChI is InChI=1S/C20H22ClN3O3/c21-19-8-7-17(24(26)27)12-18(19)20(25)22-13-15-5-4-6-16(11-15)14-23-9-2-1-3-10-23/h4-8,11-12H,1-3,9-10,13-14H2,(H,22,25). The first-order chi connectivity index (χ1) is 13.0. The van der Waals surface area contributed by atoms with Crippen molar-refractivity contribution in [3.8, 4) is 0 Å². The van der Waals surface area contributed by atoms with Crippen LogP contribution in [0.15, 0.2) is 42.5 Å². The summed E-state index contributed by atoms with van der Waals surface area (Å²) in [7, 11) is 0. The number of non-ortho nitro benzene ring substituents is 1. The second-order valence-corrected chi connectivity index (χ2v) is 7.17. The van der Waals surface area contributed by atoms with E-state index in [0.717, 1.165) is 25.2 Å². The summed E-state index contributed by atoms with van der Waals surface area (Å²) in [4.78, 5) is 25.2. The van der Waals surface area contributed by atoms with Crippen LogP contribution in [0.1, 0.15) is 40.7 Å². The lowest BCUT2D eigenvalue weighted by Crippen LogP contribution is -2.29. The SMILES string of the molecule is O=C(NCc1cccc(CN2CCCCC2)c1)c1cc([N+](=O)[O-])ccc1Cl. The molecule has 2 aromatic carbocycles. The van der Waals surface area contributed by atoms with Gasteiger partial charge in [-0.15, -0.1) is 0 Å². The molecule has 0 atom stereocenters. The zero-order valence-electron chi connectivity index (χ0n) is 15.0. The summed E-state index contributed by atoms with van der Waals surface area (Å²) in [6.07, 6.45) is 3.81. The van der Waals surface area contributed by atoms with Crippen LogP contribution in [0, 0.1) is 10.1 Å². The van der Waals surface area contributed by atoms with Crippen molar-refractivity contribution in [2.45, 2.75) is 32.4 Å². The molecule has 2 aromatic rings. The van der Waals surface area contributed by atoms with Crippen LogP contribution in [0.3, 0.4) is 0 Å². The molecule has 1 saturated heterocycles. The molecular weight excluding hydrogens is 366 g/mol. The van der Waals surface area contributed by atoms with E-state index in [2.05, 4.69) is 22.3 Å². The number of halogens is 1. The molecule has 1 N–H and O–H groups in total. The lowest BCUT2D eigenvalue weighted by atomic mass is 10.1. The zero-order chi connectivity index (χ0) is 19.2. The average Bonchev–Trinajstić information content (AvgIpc) is 2.67. The number of rotatable bonds is 6. The van der Waals surface area contributed by atoms with Crippen molar-refractivity contribution in [1.82, 2.24) is 10.2 Å². The molecule has 0 saturated carbocycles. The summed E-state index contributed by atoms with van der Waals surface area (Å²) in [5.74, 6) is -0.426. The molecule has 0 aromatic heterocycles. The maximum atomic E-state index is 12.4. The minimum absolute atomic E-state index is 0.107. The number of hydrogen-bond donors (Lipinski definition) is 1. The lowest BCUT2D eigenvalue weighted by Gasteiger charge is -2.26. The van der Waals surface area contributed by atoms with Crippen LogP contribution in [0.4, 0.5) is 5.69 Å². The third kappa shape index (κ3) is 5.28. The van der Waals surface area contributed by atoms with Crippen LogP contribution < -0.4 is 5.32 Å². The highest BCUT2D eigenvalue weighted by Gasteiger charge is 2.16. The van der Waals surface area contributed by atoms with Gasteiger partial charge in [-0.05, 0) is 43.1 Å². The van der Waals surface area contributed by atoms with Crippen LogP contribution in [-0.4, -0.2) is 28.8 Å². The van der Waals surface area contributed by atoms with Gasteiger partial charge in [0.15, 0.2) is 0 Å². The molecule has 0 aliphatic carbocycles. The molecule has 27 heavy (non-hydrogen) atoms. The zero-order valence-corrected chi connectivity index (χ0v) is 15.7. The molecule has 3 rings (SSSR count). The first-order valence-corrected chi connectivity index (χ1v) is 9.43. The summed E-state index contributed by atoms with van der Waals surface area (Å²) in [6.45, 7) is 3.52. The number of amides is 1. The fourth-order valence-corrected chi connectivity index (χ4v) is 3.50. The fourth-order valence-electron chi connectivity index (χ4n) is 3.29. The van der Waals surface area contributed by atoms with Gasteiger partial charge in [-0.25, -0.2) is 0 Å². The Morgan fingerprint density at radius 1 is 1.11 bits per heavy atom. The molecule has 1 fully saturated rings. The Hall–Kier alpha value is -2.44. The van der Waals surface area contributed by atoms with E-state index in [1.165, 1.54) is 43.0 Å². The highest BCUT2D eigenvalue weighted by Crippen LogP contribution is 2.22. The van der Waals surface area contributed by atoms with Gasteiger partial charge in [0.2, 0.25) is 0 Å². The molecule has 6 nitrogen and oxygen atoms in total. The van der Waals surface area contributed by atoms with E-state index in [1.54, 1.807) is 0 Å². The van der Waals surface area contributed by atoms with E-state index < -0.39 is 10.8 Å². The minimum atomic E-state index is -0.544. The van der Waals surface area contributed by atoms with Crippen LogP contribution in [-0.2, 0) is 13.1 Å². The topological polar surface area (TPSA) is 75.5 Å². The highest BCUT2D eigenvalue weighted by molar-refractivity contribution is 6.33. The summed E-state index contributed by atoms with van der Waals surface area (Å²) in [5.41, 5.74) is 2.15. The quantitative estimate of drug-likeness (QED) is 0.596. The van der Waals surface area contributed by atoms with Gasteiger partial charge in [-0.1, -0.05) is 42.3 Å². The number of nitro benzene ring substituents is 1. The molecule has 1 amide bonds. The van der Waals surface area contributed by atoms with Gasteiger partial charge in [0.25, 0.3) is 11.6 Å². The summed E-state index contributed by atoms with van der Waals surface area (Å²) in [6, 6.07) is 12.0. The van der Waals surface area contributed by atoms with E-state index in [1.807, 2.05) is 12.1 Å². The number of hydrogen-bond acceptors (Lipinski definition) is 4. The number of nitrogens with zero attached hydrogens (tertiary/aromatic N) is 2. The smallest absolute Gasteiger partial charge is 0.270 e. The van der Waals surface area contributed by atoms with Gasteiger partial charge in [0, 0.05) is 25.2 Å². The van der Waals surface area contributed by atoms with Gasteiger partial charge in [0.05, 0.1) is 15.5 Å². The molecule has 0 bridgehead atoms. The van der Waals surface area contributed by atoms with E-state index in [0.29, 0.717) is 6.54 Å². The summed E-state index contributed by atoms with van der Waals surface area (Å²) < 4.78 is 0. The molecule has 1 heterocycles. The Morgan fingerprint density at radius 2 is 1.85 bits per heavy atom. The predicted octanol–water partition coefficient (Wildman–Crippen LogP) is 4.16. The molecular formula is C20H22ClN3O3. The Balaban J connectivity index is 1.63. The van der Waals surface area contributed by atoms with E-state index in [9.17, 15) is 14.9 Å². The predicted molar refractivity (Wildman–Crippen MR) is 105 cm³/mol. The molecule has 142 valence electrons. The van der Waals surface area contributed by atoms with Crippen molar-refractivity contribution in [1.29, 1.82) is 0 Å². The van der Waals surface area contributed by atoms with Gasteiger partial charge in [-0.3, -0.25) is 19.8 Å². The van der Waals surface area contributed by atoms with Crippen LogP contribution in [0.25, 0.3) is 0 Å². The molecule has 1 aliphatic rings. The number of nitro groups is 1. The number of benzene rings is 2. The Morgan fingerprint density at radius 3 is 2.59 bits per heavy atom. The minimum Gasteiger partial charge on any atom is -0.348 e. The average molecular weight is 388 g/mol. The van der Waals surface area contributed by atoms with Gasteiger partial charge < -0.3 is 5.32 Å². The van der Waals surface area contributed by atoms with Crippen molar-refractivity contribution in [3.63, 3.8) is 0 Å². The molecule has 0 unspecified atom stereocenters. The van der Waals surface area contributed by atoms with E-state index >= 15 is 0 Å². The Kier molecular flexibility index (Phi) is 6.42. The first-order valence-electron chi connectivity index (χ1n) is 9.05. The largest absolute Gasteiger partial charge is 0.348 e. The van der Waals surface area contributed by atoms with Gasteiger partial charge in [0.1, 0.15) is 0 Å². The van der Waals surface area contributed by atoms with Crippen LogP contribution >= 0.6 is 11.6 Å². The van der Waals surface area contributed by atoms with E-state index in [-0.39, 0.29) is 16.3 Å². The Labute approximate surface area is 163 Å². The van der Waals surface area contributed by atoms with Crippen molar-refractivity contribution >= 4 is 23.2 Å². The monoisotopic (exact) mass is 387 g/mol. The van der Waals surface area contributed by atoms with Crippen molar-refractivity contribution in [2.24, 2.45) is 0 Å². The molecule has 0 radical (unpaired) electrons.